The number of carbonyl (C=O) groups is 2. The van der Waals surface area contributed by atoms with Crippen molar-refractivity contribution in [1.29, 1.82) is 0 Å². The fourth-order valence-electron chi connectivity index (χ4n) is 4.72. The molecule has 0 spiro atoms. The van der Waals surface area contributed by atoms with Crippen LogP contribution in [0, 0.1) is 0 Å². The number of alkyl halides is 3. The van der Waals surface area contributed by atoms with Crippen LogP contribution in [-0.2, 0) is 26.0 Å². The number of hydrogen-bond donors (Lipinski definition) is 0. The molecule has 2 aliphatic rings. The topological polar surface area (TPSA) is 87.2 Å². The van der Waals surface area contributed by atoms with Gasteiger partial charge in [-0.2, -0.15) is 4.31 Å². The molecular weight excluding hydrogens is 570 g/mol. The predicted molar refractivity (Wildman–Crippen MR) is 133 cm³/mol. The van der Waals surface area contributed by atoms with Gasteiger partial charge in [0.05, 0.1) is 11.6 Å². The summed E-state index contributed by atoms with van der Waals surface area (Å²) in [5, 5.41) is 0.0285. The number of carbonyl (C=O) groups excluding carboxylic acids is 2. The van der Waals surface area contributed by atoms with Crippen molar-refractivity contribution in [2.24, 2.45) is 0 Å². The number of amides is 2. The van der Waals surface area contributed by atoms with E-state index in [0.29, 0.717) is 5.02 Å². The summed E-state index contributed by atoms with van der Waals surface area (Å²) in [6, 6.07) is 8.06. The van der Waals surface area contributed by atoms with Crippen molar-refractivity contribution in [2.45, 2.75) is 56.2 Å². The van der Waals surface area contributed by atoms with Gasteiger partial charge < -0.3 is 14.5 Å². The molecule has 0 aromatic heterocycles. The molecule has 4 rings (SSSR count). The average molecular weight is 594 g/mol. The number of rotatable bonds is 6. The minimum atomic E-state index is -4.98. The van der Waals surface area contributed by atoms with Gasteiger partial charge in [-0.25, -0.2) is 8.42 Å². The fraction of sp³-hybridized carbons (Fsp3) is 0.417. The molecule has 2 saturated heterocycles. The Morgan fingerprint density at radius 2 is 1.74 bits per heavy atom. The van der Waals surface area contributed by atoms with Crippen molar-refractivity contribution >= 4 is 45.0 Å². The first-order valence-electron chi connectivity index (χ1n) is 11.6. The van der Waals surface area contributed by atoms with Crippen LogP contribution in [0.25, 0.3) is 0 Å². The molecule has 206 valence electrons. The van der Waals surface area contributed by atoms with Crippen molar-refractivity contribution in [3.8, 4) is 5.75 Å². The van der Waals surface area contributed by atoms with Crippen LogP contribution < -0.4 is 4.74 Å². The first-order chi connectivity index (χ1) is 17.7. The molecule has 2 fully saturated rings. The molecule has 14 heteroatoms. The smallest absolute Gasteiger partial charge is 0.406 e. The Morgan fingerprint density at radius 3 is 2.32 bits per heavy atom. The zero-order chi connectivity index (χ0) is 28.0. The van der Waals surface area contributed by atoms with Crippen LogP contribution in [0.3, 0.4) is 0 Å². The first-order valence-corrected chi connectivity index (χ1v) is 13.8. The van der Waals surface area contributed by atoms with E-state index in [1.54, 1.807) is 38.1 Å². The van der Waals surface area contributed by atoms with Crippen LogP contribution in [0.2, 0.25) is 10.0 Å². The van der Waals surface area contributed by atoms with Crippen LogP contribution in [0.5, 0.6) is 5.75 Å². The molecule has 2 aromatic rings. The summed E-state index contributed by atoms with van der Waals surface area (Å²) in [6.45, 7) is 3.30. The number of ether oxygens (including phenoxy) is 1. The highest BCUT2D eigenvalue weighted by Gasteiger charge is 2.51. The van der Waals surface area contributed by atoms with Gasteiger partial charge in [0.15, 0.2) is 0 Å². The number of fused-ring (bicyclic) bond motifs is 1. The third-order valence-corrected chi connectivity index (χ3v) is 9.07. The van der Waals surface area contributed by atoms with Crippen LogP contribution in [0.1, 0.15) is 25.8 Å². The second kappa shape index (κ2) is 10.6. The summed E-state index contributed by atoms with van der Waals surface area (Å²) in [6.07, 6.45) is -6.07. The average Bonchev–Trinajstić information content (AvgIpc) is 2.80. The predicted octanol–water partition coefficient (Wildman–Crippen LogP) is 4.30. The van der Waals surface area contributed by atoms with E-state index in [9.17, 15) is 31.2 Å². The number of benzene rings is 2. The van der Waals surface area contributed by atoms with E-state index in [4.69, 9.17) is 23.2 Å². The molecule has 2 heterocycles. The van der Waals surface area contributed by atoms with Crippen molar-refractivity contribution < 1.29 is 35.9 Å². The van der Waals surface area contributed by atoms with Crippen molar-refractivity contribution in [2.75, 3.05) is 13.1 Å². The molecule has 0 N–H and O–H groups in total. The van der Waals surface area contributed by atoms with Gasteiger partial charge in [-0.1, -0.05) is 35.3 Å². The van der Waals surface area contributed by atoms with Crippen molar-refractivity contribution in [1.82, 2.24) is 14.1 Å². The zero-order valence-corrected chi connectivity index (χ0v) is 22.6. The Labute approximate surface area is 227 Å². The van der Waals surface area contributed by atoms with Gasteiger partial charge in [-0.15, -0.1) is 13.2 Å². The first kappa shape index (κ1) is 28.5. The molecule has 0 bridgehead atoms. The minimum absolute atomic E-state index is 0.0779. The maximum absolute atomic E-state index is 13.7. The van der Waals surface area contributed by atoms with Gasteiger partial charge in [0.1, 0.15) is 22.9 Å². The van der Waals surface area contributed by atoms with E-state index in [-0.39, 0.29) is 43.8 Å². The number of hydrogen-bond acceptors (Lipinski definition) is 5. The minimum Gasteiger partial charge on any atom is -0.406 e. The Morgan fingerprint density at radius 1 is 1.08 bits per heavy atom. The van der Waals surface area contributed by atoms with Crippen LogP contribution in [0.4, 0.5) is 13.2 Å². The summed E-state index contributed by atoms with van der Waals surface area (Å²) in [5.41, 5.74) is 0.730. The van der Waals surface area contributed by atoms with Gasteiger partial charge >= 0.3 is 6.36 Å². The lowest BCUT2D eigenvalue weighted by molar-refractivity contribution is -0.274. The molecule has 2 atom stereocenters. The van der Waals surface area contributed by atoms with E-state index in [1.165, 1.54) is 9.80 Å². The summed E-state index contributed by atoms with van der Waals surface area (Å²) in [5.74, 6) is -1.36. The normalized spacial score (nSPS) is 21.2. The lowest BCUT2D eigenvalue weighted by Gasteiger charge is -2.52. The lowest BCUT2D eigenvalue weighted by atomic mass is 9.97. The monoisotopic (exact) mass is 593 g/mol. The molecule has 2 aromatic carbocycles. The number of halogens is 5. The van der Waals surface area contributed by atoms with Crippen LogP contribution in [0.15, 0.2) is 47.4 Å². The molecule has 0 aliphatic carbocycles. The van der Waals surface area contributed by atoms with Gasteiger partial charge in [0.25, 0.3) is 0 Å². The third kappa shape index (κ3) is 5.73. The van der Waals surface area contributed by atoms with Gasteiger partial charge in [0.2, 0.25) is 21.8 Å². The maximum Gasteiger partial charge on any atom is 0.573 e. The molecule has 2 unspecified atom stereocenters. The molecular formula is C24H24Cl2F3N3O5S. The van der Waals surface area contributed by atoms with E-state index in [2.05, 4.69) is 4.74 Å². The Bertz CT molecular complexity index is 1340. The second-order valence-electron chi connectivity index (χ2n) is 9.22. The standard InChI is InChI=1S/C24H24Cl2F3N3O5S/c1-14(2)30-13-21-31(38(35,36)20-8-7-17(12-18(20)26)37-24(27,28)29)10-9-22(33)32(21)19(23(30)34)11-15-3-5-16(25)6-4-15/h3-8,12,14,19,21H,9-11,13H2,1-2H3. The highest BCUT2D eigenvalue weighted by molar-refractivity contribution is 7.89. The Hall–Kier alpha value is -2.54. The number of piperazine rings is 1. The molecule has 0 radical (unpaired) electrons. The van der Waals surface area contributed by atoms with E-state index < -0.39 is 44.3 Å². The lowest BCUT2D eigenvalue weighted by Crippen LogP contribution is -2.72. The van der Waals surface area contributed by atoms with Crippen LogP contribution in [-0.4, -0.2) is 72.0 Å². The van der Waals surface area contributed by atoms with E-state index >= 15 is 0 Å². The summed E-state index contributed by atoms with van der Waals surface area (Å²) >= 11 is 12.1. The second-order valence-corrected chi connectivity index (χ2v) is 11.9. The van der Waals surface area contributed by atoms with E-state index in [1.807, 2.05) is 0 Å². The number of nitrogens with zero attached hydrogens (tertiary/aromatic N) is 3. The molecule has 8 nitrogen and oxygen atoms in total. The fourth-order valence-corrected chi connectivity index (χ4v) is 6.92. The third-order valence-electron chi connectivity index (χ3n) is 6.44. The van der Waals surface area contributed by atoms with E-state index in [0.717, 1.165) is 28.1 Å². The molecule has 38 heavy (non-hydrogen) atoms. The molecule has 2 amide bonds. The summed E-state index contributed by atoms with van der Waals surface area (Å²) in [4.78, 5) is 29.0. The van der Waals surface area contributed by atoms with Gasteiger partial charge in [-0.3, -0.25) is 9.59 Å². The van der Waals surface area contributed by atoms with Crippen LogP contribution >= 0.6 is 23.2 Å². The SMILES string of the molecule is CC(C)N1CC2N(C(=O)CCN2S(=O)(=O)c2ccc(OC(F)(F)F)cc2Cl)C(Cc2ccc(Cl)cc2)C1=O. The van der Waals surface area contributed by atoms with Gasteiger partial charge in [-0.05, 0) is 43.7 Å². The van der Waals surface area contributed by atoms with Crippen molar-refractivity contribution in [3.05, 3.63) is 58.1 Å². The quantitative estimate of drug-likeness (QED) is 0.498. The Balaban J connectivity index is 1.72. The zero-order valence-electron chi connectivity index (χ0n) is 20.3. The summed E-state index contributed by atoms with van der Waals surface area (Å²) < 4.78 is 70.2. The molecule has 2 aliphatic heterocycles. The highest BCUT2D eigenvalue weighted by Crippen LogP contribution is 2.36. The summed E-state index contributed by atoms with van der Waals surface area (Å²) in [7, 11) is -4.40. The maximum atomic E-state index is 13.7. The molecule has 0 saturated carbocycles. The largest absolute Gasteiger partial charge is 0.573 e. The number of sulfonamides is 1. The Kier molecular flexibility index (Phi) is 7.91. The van der Waals surface area contributed by atoms with Crippen molar-refractivity contribution in [3.63, 3.8) is 0 Å². The van der Waals surface area contributed by atoms with Gasteiger partial charge in [0, 0.05) is 36.5 Å². The highest BCUT2D eigenvalue weighted by atomic mass is 35.5.